The van der Waals surface area contributed by atoms with Gasteiger partial charge in [0.05, 0.1) is 5.60 Å². The molecule has 25 heavy (non-hydrogen) atoms. The first-order valence-electron chi connectivity index (χ1n) is 8.99. The molecule has 0 saturated heterocycles. The molecule has 2 aliphatic carbocycles. The Morgan fingerprint density at radius 2 is 2.12 bits per heavy atom. The third kappa shape index (κ3) is 2.29. The van der Waals surface area contributed by atoms with Crippen LogP contribution in [0.15, 0.2) is 29.8 Å². The van der Waals surface area contributed by atoms with Crippen molar-refractivity contribution in [2.24, 2.45) is 5.92 Å². The summed E-state index contributed by atoms with van der Waals surface area (Å²) in [7, 11) is 0. The highest BCUT2D eigenvalue weighted by Gasteiger charge is 2.61. The number of aromatic nitrogens is 1. The van der Waals surface area contributed by atoms with E-state index < -0.39 is 11.2 Å². The number of phenols is 1. The first kappa shape index (κ1) is 17.0. The third-order valence-corrected chi connectivity index (χ3v) is 7.60. The molecule has 0 radical (unpaired) electrons. The maximum absolute atomic E-state index is 11.5. The molecule has 0 unspecified atom stereocenters. The van der Waals surface area contributed by atoms with Gasteiger partial charge in [-0.25, -0.2) is 4.98 Å². The molecule has 1 fully saturated rings. The fourth-order valence-electron chi connectivity index (χ4n) is 5.32. The highest BCUT2D eigenvalue weighted by molar-refractivity contribution is 7.09. The van der Waals surface area contributed by atoms with E-state index in [4.69, 9.17) is 0 Å². The monoisotopic (exact) mass is 359 g/mol. The molecule has 1 saturated carbocycles. The van der Waals surface area contributed by atoms with Crippen LogP contribution in [0.5, 0.6) is 5.75 Å². The van der Waals surface area contributed by atoms with Crippen LogP contribution in [0.1, 0.15) is 55.7 Å². The maximum Gasteiger partial charge on any atom is 0.144 e. The van der Waals surface area contributed by atoms with Gasteiger partial charge in [-0.05, 0) is 68.2 Å². The second kappa shape index (κ2) is 5.53. The Morgan fingerprint density at radius 1 is 1.32 bits per heavy atom. The number of nitrogens with zero attached hydrogens (tertiary/aromatic N) is 1. The van der Waals surface area contributed by atoms with E-state index in [-0.39, 0.29) is 11.3 Å². The minimum Gasteiger partial charge on any atom is -0.508 e. The predicted molar refractivity (Wildman–Crippen MR) is 97.8 cm³/mol. The van der Waals surface area contributed by atoms with Crippen LogP contribution in [0.2, 0.25) is 0 Å². The zero-order valence-corrected chi connectivity index (χ0v) is 15.5. The molecule has 1 heterocycles. The van der Waals surface area contributed by atoms with Gasteiger partial charge in [0, 0.05) is 17.0 Å². The van der Waals surface area contributed by atoms with Gasteiger partial charge in [0.25, 0.3) is 0 Å². The molecule has 4 rings (SSSR count). The van der Waals surface area contributed by atoms with E-state index in [0.717, 1.165) is 19.3 Å². The Bertz CT molecular complexity index is 788. The van der Waals surface area contributed by atoms with Crippen LogP contribution in [0.4, 0.5) is 0 Å². The van der Waals surface area contributed by atoms with Gasteiger partial charge in [-0.15, -0.1) is 11.3 Å². The SMILES string of the molecule is CC[C@@]12C[C@](C)(O)[C@@](O)(c3nccs3)C[C@H]1CCc1cc(O)ccc12. The molecule has 4 nitrogen and oxygen atoms in total. The van der Waals surface area contributed by atoms with E-state index in [1.54, 1.807) is 19.2 Å². The van der Waals surface area contributed by atoms with Crippen molar-refractivity contribution in [3.05, 3.63) is 45.9 Å². The zero-order valence-electron chi connectivity index (χ0n) is 14.7. The summed E-state index contributed by atoms with van der Waals surface area (Å²) in [6.45, 7) is 3.91. The lowest BCUT2D eigenvalue weighted by molar-refractivity contribution is -0.205. The molecular formula is C20H25NO3S. The smallest absolute Gasteiger partial charge is 0.144 e. The van der Waals surface area contributed by atoms with Gasteiger partial charge in [-0.2, -0.15) is 0 Å². The van der Waals surface area contributed by atoms with Gasteiger partial charge >= 0.3 is 0 Å². The van der Waals surface area contributed by atoms with E-state index >= 15 is 0 Å². The lowest BCUT2D eigenvalue weighted by Crippen LogP contribution is -2.62. The van der Waals surface area contributed by atoms with Crippen molar-refractivity contribution in [2.75, 3.05) is 0 Å². The van der Waals surface area contributed by atoms with Crippen molar-refractivity contribution in [3.8, 4) is 5.75 Å². The van der Waals surface area contributed by atoms with Crippen molar-refractivity contribution >= 4 is 11.3 Å². The summed E-state index contributed by atoms with van der Waals surface area (Å²) in [4.78, 5) is 4.32. The van der Waals surface area contributed by atoms with Crippen LogP contribution in [0.3, 0.4) is 0 Å². The first-order chi connectivity index (χ1) is 11.8. The van der Waals surface area contributed by atoms with Crippen LogP contribution < -0.4 is 0 Å². The number of phenolic OH excluding ortho intramolecular Hbond substituents is 1. The number of fused-ring (bicyclic) bond motifs is 3. The second-order valence-electron chi connectivity index (χ2n) is 7.94. The molecule has 0 aliphatic heterocycles. The van der Waals surface area contributed by atoms with Crippen LogP contribution in [0, 0.1) is 5.92 Å². The summed E-state index contributed by atoms with van der Waals surface area (Å²) in [6, 6.07) is 5.62. The number of thiazole rings is 1. The van der Waals surface area contributed by atoms with Crippen LogP contribution in [0.25, 0.3) is 0 Å². The van der Waals surface area contributed by atoms with Crippen LogP contribution >= 0.6 is 11.3 Å². The Hall–Kier alpha value is -1.43. The van der Waals surface area contributed by atoms with E-state index in [1.165, 1.54) is 22.5 Å². The first-order valence-corrected chi connectivity index (χ1v) is 9.87. The number of hydrogen-bond donors (Lipinski definition) is 3. The molecule has 0 bridgehead atoms. The quantitative estimate of drug-likeness (QED) is 0.767. The number of aliphatic hydroxyl groups is 2. The fourth-order valence-corrected chi connectivity index (χ4v) is 6.19. The van der Waals surface area contributed by atoms with Crippen molar-refractivity contribution in [2.45, 2.75) is 62.6 Å². The number of aryl methyl sites for hydroxylation is 1. The van der Waals surface area contributed by atoms with Gasteiger partial charge in [-0.3, -0.25) is 0 Å². The summed E-state index contributed by atoms with van der Waals surface area (Å²) in [6.07, 6.45) is 5.45. The Morgan fingerprint density at radius 3 is 2.80 bits per heavy atom. The Balaban J connectivity index is 1.83. The fraction of sp³-hybridized carbons (Fsp3) is 0.550. The normalized spacial score (nSPS) is 37.4. The highest BCUT2D eigenvalue weighted by Crippen LogP contribution is 2.60. The molecule has 1 aromatic heterocycles. The summed E-state index contributed by atoms with van der Waals surface area (Å²) >= 11 is 1.41. The summed E-state index contributed by atoms with van der Waals surface area (Å²) in [5, 5.41) is 35.1. The average Bonchev–Trinajstić information content (AvgIpc) is 3.10. The molecule has 4 atom stereocenters. The molecule has 5 heteroatoms. The molecule has 2 aromatic rings. The van der Waals surface area contributed by atoms with Gasteiger partial charge in [0.15, 0.2) is 0 Å². The van der Waals surface area contributed by atoms with Gasteiger partial charge < -0.3 is 15.3 Å². The van der Waals surface area contributed by atoms with Gasteiger partial charge in [-0.1, -0.05) is 13.0 Å². The predicted octanol–water partition coefficient (Wildman–Crippen LogP) is 3.49. The standard InChI is InChI=1S/C20H25NO3S/c1-3-19-12-18(2,23)20(24,17-21-8-9-25-17)11-14(19)5-4-13-10-15(22)6-7-16(13)19/h6-10,14,22-24H,3-5,11-12H2,1-2H3/t14-,18+,19-,20+/m1/s1. The summed E-state index contributed by atoms with van der Waals surface area (Å²) in [5.41, 5.74) is -0.337. The number of rotatable bonds is 2. The van der Waals surface area contributed by atoms with Crippen molar-refractivity contribution < 1.29 is 15.3 Å². The lowest BCUT2D eigenvalue weighted by Gasteiger charge is -2.58. The molecule has 2 aliphatic rings. The summed E-state index contributed by atoms with van der Waals surface area (Å²) in [5.74, 6) is 0.578. The molecule has 0 amide bonds. The third-order valence-electron chi connectivity index (χ3n) is 6.68. The molecule has 1 aromatic carbocycles. The number of hydrogen-bond acceptors (Lipinski definition) is 5. The highest BCUT2D eigenvalue weighted by atomic mass is 32.1. The Labute approximate surface area is 152 Å². The van der Waals surface area contributed by atoms with Crippen molar-refractivity contribution in [1.82, 2.24) is 4.98 Å². The van der Waals surface area contributed by atoms with E-state index in [9.17, 15) is 15.3 Å². The van der Waals surface area contributed by atoms with Crippen LogP contribution in [-0.2, 0) is 17.4 Å². The largest absolute Gasteiger partial charge is 0.508 e. The lowest BCUT2D eigenvalue weighted by atomic mass is 9.49. The number of aromatic hydroxyl groups is 1. The van der Waals surface area contributed by atoms with E-state index in [1.807, 2.05) is 17.5 Å². The molecule has 0 spiro atoms. The van der Waals surface area contributed by atoms with E-state index in [0.29, 0.717) is 23.6 Å². The van der Waals surface area contributed by atoms with Crippen molar-refractivity contribution in [1.29, 1.82) is 0 Å². The average molecular weight is 359 g/mol. The van der Waals surface area contributed by atoms with Gasteiger partial charge in [0.2, 0.25) is 0 Å². The number of benzene rings is 1. The molecule has 3 N–H and O–H groups in total. The molecular weight excluding hydrogens is 334 g/mol. The second-order valence-corrected chi connectivity index (χ2v) is 8.83. The minimum atomic E-state index is -1.31. The molecule has 134 valence electrons. The van der Waals surface area contributed by atoms with E-state index in [2.05, 4.69) is 11.9 Å². The summed E-state index contributed by atoms with van der Waals surface area (Å²) < 4.78 is 0. The van der Waals surface area contributed by atoms with Crippen LogP contribution in [-0.4, -0.2) is 25.9 Å². The minimum absolute atomic E-state index is 0.172. The van der Waals surface area contributed by atoms with Crippen molar-refractivity contribution in [3.63, 3.8) is 0 Å². The maximum atomic E-state index is 11.5. The van der Waals surface area contributed by atoms with Gasteiger partial charge in [0.1, 0.15) is 16.4 Å². The zero-order chi connectivity index (χ0) is 17.9. The Kier molecular flexibility index (Phi) is 3.76. The topological polar surface area (TPSA) is 73.6 Å².